The molecule has 0 radical (unpaired) electrons. The number of aromatic hydroxyl groups is 8. The van der Waals surface area contributed by atoms with Gasteiger partial charge in [0.1, 0.15) is 11.2 Å². The highest BCUT2D eigenvalue weighted by molar-refractivity contribution is 6.30. The molecule has 8 aromatic carbocycles. The lowest BCUT2D eigenvalue weighted by Crippen LogP contribution is -1.95. The third-order valence-electron chi connectivity index (χ3n) is 9.72. The molecule has 51 heavy (non-hydrogen) atoms. The highest BCUT2D eigenvalue weighted by Gasteiger charge is 2.33. The Morgan fingerprint density at radius 3 is 1.49 bits per heavy atom. The van der Waals surface area contributed by atoms with Crippen LogP contribution in [0.25, 0.3) is 87.6 Å². The van der Waals surface area contributed by atoms with Gasteiger partial charge in [-0.25, -0.2) is 0 Å². The lowest BCUT2D eigenvalue weighted by molar-refractivity contribution is 0.350. The number of rotatable bonds is 3. The predicted octanol–water partition coefficient (Wildman–Crippen LogP) is 9.69. The van der Waals surface area contributed by atoms with Gasteiger partial charge < -0.3 is 45.3 Å². The summed E-state index contributed by atoms with van der Waals surface area (Å²) in [6.45, 7) is 0. The maximum absolute atomic E-state index is 11.7. The van der Waals surface area contributed by atoms with Gasteiger partial charge in [0.2, 0.25) is 23.0 Å². The van der Waals surface area contributed by atoms with Gasteiger partial charge in [0, 0.05) is 49.0 Å². The normalized spacial score (nSPS) is 11.8. The third kappa shape index (κ3) is 4.03. The molecule has 0 aliphatic carbocycles. The fraction of sp³-hybridized carbons (Fsp3) is 0. The summed E-state index contributed by atoms with van der Waals surface area (Å²) in [6, 6.07) is 33.1. The molecule has 8 N–H and O–H groups in total. The fourth-order valence-corrected chi connectivity index (χ4v) is 7.44. The van der Waals surface area contributed by atoms with Gasteiger partial charge in [-0.3, -0.25) is 0 Å². The Kier molecular flexibility index (Phi) is 6.21. The minimum absolute atomic E-state index is 0.0335. The number of phenolic OH excluding ortho intramolecular Hbond substituents is 8. The van der Waals surface area contributed by atoms with E-state index in [4.69, 9.17) is 4.42 Å². The Labute approximate surface area is 287 Å². The van der Waals surface area contributed by atoms with E-state index in [2.05, 4.69) is 0 Å². The molecule has 0 saturated carbocycles. The third-order valence-corrected chi connectivity index (χ3v) is 9.72. The van der Waals surface area contributed by atoms with Crippen molar-refractivity contribution in [1.82, 2.24) is 0 Å². The molecule has 0 saturated heterocycles. The molecule has 248 valence electrons. The fourth-order valence-electron chi connectivity index (χ4n) is 7.44. The quantitative estimate of drug-likeness (QED) is 0.0515. The number of phenols is 8. The van der Waals surface area contributed by atoms with Gasteiger partial charge in [0.15, 0.2) is 23.0 Å². The zero-order chi connectivity index (χ0) is 35.3. The number of benzene rings is 8. The summed E-state index contributed by atoms with van der Waals surface area (Å²) in [6.07, 6.45) is 0. The second kappa shape index (κ2) is 10.6. The second-order valence-corrected chi connectivity index (χ2v) is 12.4. The van der Waals surface area contributed by atoms with Crippen molar-refractivity contribution >= 4 is 54.3 Å². The van der Waals surface area contributed by atoms with Crippen molar-refractivity contribution < 1.29 is 45.3 Å². The molecule has 0 unspecified atom stereocenters. The van der Waals surface area contributed by atoms with E-state index in [0.29, 0.717) is 16.5 Å². The maximum Gasteiger partial charge on any atom is 0.204 e. The zero-order valence-corrected chi connectivity index (χ0v) is 26.4. The summed E-state index contributed by atoms with van der Waals surface area (Å²) in [7, 11) is 0. The van der Waals surface area contributed by atoms with E-state index < -0.39 is 46.0 Å². The van der Waals surface area contributed by atoms with Gasteiger partial charge in [-0.15, -0.1) is 0 Å². The molecule has 0 aliphatic rings. The van der Waals surface area contributed by atoms with E-state index in [1.165, 1.54) is 0 Å². The summed E-state index contributed by atoms with van der Waals surface area (Å²) in [5.41, 5.74) is 2.83. The monoisotopic (exact) mass is 674 g/mol. The average Bonchev–Trinajstić information content (AvgIpc) is 3.55. The van der Waals surface area contributed by atoms with Crippen molar-refractivity contribution in [3.05, 3.63) is 109 Å². The van der Waals surface area contributed by atoms with Gasteiger partial charge in [-0.05, 0) is 39.6 Å². The van der Waals surface area contributed by atoms with Crippen molar-refractivity contribution in [2.75, 3.05) is 0 Å². The number of hydrogen-bond acceptors (Lipinski definition) is 9. The van der Waals surface area contributed by atoms with Gasteiger partial charge in [-0.1, -0.05) is 97.1 Å². The Morgan fingerprint density at radius 2 is 0.824 bits per heavy atom. The molecule has 1 heterocycles. The number of furan rings is 1. The Bertz CT molecular complexity index is 2870. The van der Waals surface area contributed by atoms with Crippen molar-refractivity contribution in [1.29, 1.82) is 0 Å². The van der Waals surface area contributed by atoms with Crippen LogP contribution in [-0.2, 0) is 0 Å². The highest BCUT2D eigenvalue weighted by Crippen LogP contribution is 2.62. The van der Waals surface area contributed by atoms with Crippen molar-refractivity contribution in [3.8, 4) is 79.4 Å². The molecule has 0 bridgehead atoms. The summed E-state index contributed by atoms with van der Waals surface area (Å²) in [4.78, 5) is 0. The van der Waals surface area contributed by atoms with Crippen molar-refractivity contribution in [3.63, 3.8) is 0 Å². The van der Waals surface area contributed by atoms with Gasteiger partial charge >= 0.3 is 0 Å². The Balaban J connectivity index is 1.51. The van der Waals surface area contributed by atoms with Crippen LogP contribution in [0.1, 0.15) is 0 Å². The molecular weight excluding hydrogens is 648 g/mol. The van der Waals surface area contributed by atoms with Gasteiger partial charge in [-0.2, -0.15) is 0 Å². The average molecular weight is 675 g/mol. The van der Waals surface area contributed by atoms with Gasteiger partial charge in [0.05, 0.1) is 0 Å². The van der Waals surface area contributed by atoms with Crippen LogP contribution in [0.15, 0.2) is 114 Å². The highest BCUT2D eigenvalue weighted by atomic mass is 16.4. The largest absolute Gasteiger partial charge is 0.504 e. The molecule has 0 spiro atoms. The van der Waals surface area contributed by atoms with Crippen LogP contribution in [-0.4, -0.2) is 40.9 Å². The van der Waals surface area contributed by atoms with Crippen LogP contribution >= 0.6 is 0 Å². The summed E-state index contributed by atoms with van der Waals surface area (Å²) >= 11 is 0. The van der Waals surface area contributed by atoms with Crippen LogP contribution < -0.4 is 0 Å². The summed E-state index contributed by atoms with van der Waals surface area (Å²) in [5, 5.41) is 92.9. The Hall–Kier alpha value is -7.26. The minimum atomic E-state index is -1.04. The SMILES string of the molecule is Oc1c(O)c(O)c2c(-c3cccc4c3oc3ccccc34)c3c(O)c(O)c(O)c(O)c3c(-c3cccc(-c4cccc5ccccc45)c3)c2c1O. The molecule has 1 aromatic heterocycles. The van der Waals surface area contributed by atoms with Crippen molar-refractivity contribution in [2.24, 2.45) is 0 Å². The number of fused-ring (bicyclic) bond motifs is 6. The molecule has 0 fully saturated rings. The summed E-state index contributed by atoms with van der Waals surface area (Å²) < 4.78 is 6.29. The van der Waals surface area contributed by atoms with E-state index in [0.717, 1.165) is 27.3 Å². The first-order chi connectivity index (χ1) is 24.7. The van der Waals surface area contributed by atoms with Crippen LogP contribution in [0, 0.1) is 0 Å². The molecule has 9 nitrogen and oxygen atoms in total. The smallest absolute Gasteiger partial charge is 0.204 e. The maximum atomic E-state index is 11.7. The minimum Gasteiger partial charge on any atom is -0.504 e. The van der Waals surface area contributed by atoms with Crippen molar-refractivity contribution in [2.45, 2.75) is 0 Å². The van der Waals surface area contributed by atoms with E-state index in [1.807, 2.05) is 66.7 Å². The van der Waals surface area contributed by atoms with Gasteiger partial charge in [0.25, 0.3) is 0 Å². The van der Waals surface area contributed by atoms with E-state index >= 15 is 0 Å². The first kappa shape index (κ1) is 29.8. The Morgan fingerprint density at radius 1 is 0.353 bits per heavy atom. The number of para-hydroxylation sites is 2. The van der Waals surface area contributed by atoms with Crippen LogP contribution in [0.5, 0.6) is 46.0 Å². The summed E-state index contributed by atoms with van der Waals surface area (Å²) in [5.74, 6) is -7.57. The molecule has 9 rings (SSSR count). The predicted molar refractivity (Wildman–Crippen MR) is 196 cm³/mol. The molecule has 9 heteroatoms. The van der Waals surface area contributed by atoms with E-state index in [9.17, 15) is 40.9 Å². The standard InChI is InChI=1S/C42H26O9/c43-34-30-28(21-11-5-10-20(18-21)23-14-6-9-19-8-1-2-12-22(19)23)31-33(37(46)41(50)39(48)35(31)44)29(32(30)36(45)40(49)38(34)47)26-16-7-15-25-24-13-3-4-17-27(24)51-42(25)26/h1-18,43-50H. The first-order valence-corrected chi connectivity index (χ1v) is 15.9. The van der Waals surface area contributed by atoms with Crippen LogP contribution in [0.4, 0.5) is 0 Å². The van der Waals surface area contributed by atoms with E-state index in [-0.39, 0.29) is 43.8 Å². The molecule has 0 atom stereocenters. The topological polar surface area (TPSA) is 175 Å². The van der Waals surface area contributed by atoms with Crippen LogP contribution in [0.3, 0.4) is 0 Å². The number of hydrogen-bond donors (Lipinski definition) is 8. The molecular formula is C42H26O9. The lowest BCUT2D eigenvalue weighted by Gasteiger charge is -2.22. The van der Waals surface area contributed by atoms with Crippen LogP contribution in [0.2, 0.25) is 0 Å². The second-order valence-electron chi connectivity index (χ2n) is 12.4. The lowest BCUT2D eigenvalue weighted by atomic mass is 9.82. The van der Waals surface area contributed by atoms with E-state index in [1.54, 1.807) is 42.5 Å². The molecule has 9 aromatic rings. The molecule has 0 amide bonds. The first-order valence-electron chi connectivity index (χ1n) is 15.9. The molecule has 0 aliphatic heterocycles. The zero-order valence-electron chi connectivity index (χ0n) is 26.4.